The number of nitro groups is 1. The maximum Gasteiger partial charge on any atom is 0.293 e. The van der Waals surface area contributed by atoms with Gasteiger partial charge in [-0.15, -0.1) is 0 Å². The van der Waals surface area contributed by atoms with Gasteiger partial charge in [0, 0.05) is 18.6 Å². The molecule has 0 aromatic heterocycles. The van der Waals surface area contributed by atoms with Crippen LogP contribution in [0.4, 0.5) is 11.4 Å². The van der Waals surface area contributed by atoms with Gasteiger partial charge in [0.1, 0.15) is 5.69 Å². The minimum atomic E-state index is -0.641. The van der Waals surface area contributed by atoms with Crippen molar-refractivity contribution in [2.45, 2.75) is 13.8 Å². The Kier molecular flexibility index (Phi) is 3.34. The molecule has 1 aromatic carbocycles. The first-order chi connectivity index (χ1) is 7.41. The molecule has 0 aliphatic rings. The van der Waals surface area contributed by atoms with Crippen molar-refractivity contribution in [1.82, 2.24) is 0 Å². The summed E-state index contributed by atoms with van der Waals surface area (Å²) in [4.78, 5) is 31.9. The maximum atomic E-state index is 11.0. The molecule has 1 N–H and O–H groups in total. The standard InChI is InChI=1S/C10H10N2O4/c1-6(13)8-3-4-9(11-7(2)14)10(5-8)12(15)16/h3-5H,1-2H3,(H,11,14). The van der Waals surface area contributed by atoms with E-state index in [-0.39, 0.29) is 22.7 Å². The molecule has 0 atom stereocenters. The Bertz CT molecular complexity index is 468. The van der Waals surface area contributed by atoms with Gasteiger partial charge in [0.15, 0.2) is 5.78 Å². The van der Waals surface area contributed by atoms with E-state index in [1.54, 1.807) is 0 Å². The molecule has 6 heteroatoms. The van der Waals surface area contributed by atoms with Crippen LogP contribution in [0.25, 0.3) is 0 Å². The zero-order chi connectivity index (χ0) is 12.3. The minimum Gasteiger partial charge on any atom is -0.321 e. The van der Waals surface area contributed by atoms with Crippen LogP contribution in [0.15, 0.2) is 18.2 Å². The normalized spacial score (nSPS) is 9.62. The van der Waals surface area contributed by atoms with Crippen LogP contribution in [-0.2, 0) is 4.79 Å². The van der Waals surface area contributed by atoms with Crippen LogP contribution < -0.4 is 5.32 Å². The van der Waals surface area contributed by atoms with Gasteiger partial charge < -0.3 is 5.32 Å². The van der Waals surface area contributed by atoms with E-state index in [0.717, 1.165) is 6.07 Å². The molecule has 16 heavy (non-hydrogen) atoms. The van der Waals surface area contributed by atoms with Crippen molar-refractivity contribution in [3.8, 4) is 0 Å². The molecule has 1 rings (SSSR count). The second kappa shape index (κ2) is 4.52. The monoisotopic (exact) mass is 222 g/mol. The lowest BCUT2D eigenvalue weighted by Crippen LogP contribution is -2.08. The average Bonchev–Trinajstić information content (AvgIpc) is 2.16. The molecule has 0 heterocycles. The van der Waals surface area contributed by atoms with Gasteiger partial charge in [0.25, 0.3) is 5.69 Å². The van der Waals surface area contributed by atoms with Crippen molar-refractivity contribution >= 4 is 23.1 Å². The third-order valence-corrected chi connectivity index (χ3v) is 1.91. The number of amides is 1. The van der Waals surface area contributed by atoms with E-state index in [2.05, 4.69) is 5.32 Å². The van der Waals surface area contributed by atoms with Crippen molar-refractivity contribution in [2.75, 3.05) is 5.32 Å². The number of hydrogen-bond donors (Lipinski definition) is 1. The predicted octanol–water partition coefficient (Wildman–Crippen LogP) is 1.76. The highest BCUT2D eigenvalue weighted by molar-refractivity contribution is 5.97. The molecule has 1 aromatic rings. The van der Waals surface area contributed by atoms with Crippen LogP contribution in [0.2, 0.25) is 0 Å². The smallest absolute Gasteiger partial charge is 0.293 e. The Labute approximate surface area is 91.4 Å². The summed E-state index contributed by atoms with van der Waals surface area (Å²) in [5.74, 6) is -0.670. The van der Waals surface area contributed by atoms with Crippen LogP contribution >= 0.6 is 0 Å². The lowest BCUT2D eigenvalue weighted by Gasteiger charge is -2.04. The van der Waals surface area contributed by atoms with Gasteiger partial charge in [0.05, 0.1) is 4.92 Å². The quantitative estimate of drug-likeness (QED) is 0.479. The number of anilines is 1. The average molecular weight is 222 g/mol. The molecule has 0 saturated carbocycles. The fourth-order valence-corrected chi connectivity index (χ4v) is 1.20. The third kappa shape index (κ3) is 2.63. The molecule has 84 valence electrons. The van der Waals surface area contributed by atoms with E-state index in [4.69, 9.17) is 0 Å². The lowest BCUT2D eigenvalue weighted by molar-refractivity contribution is -0.384. The van der Waals surface area contributed by atoms with Crippen molar-refractivity contribution in [2.24, 2.45) is 0 Å². The van der Waals surface area contributed by atoms with E-state index in [1.165, 1.54) is 26.0 Å². The van der Waals surface area contributed by atoms with Gasteiger partial charge in [-0.05, 0) is 19.1 Å². The molecule has 1 amide bonds. The SMILES string of the molecule is CC(=O)Nc1ccc(C(C)=O)cc1[N+](=O)[O-]. The molecule has 0 aliphatic heterocycles. The molecular formula is C10H10N2O4. The van der Waals surface area contributed by atoms with E-state index >= 15 is 0 Å². The summed E-state index contributed by atoms with van der Waals surface area (Å²) in [7, 11) is 0. The van der Waals surface area contributed by atoms with Crippen LogP contribution in [0.3, 0.4) is 0 Å². The summed E-state index contributed by atoms with van der Waals surface area (Å²) in [5, 5.41) is 13.0. The second-order valence-electron chi connectivity index (χ2n) is 3.23. The highest BCUT2D eigenvalue weighted by Gasteiger charge is 2.16. The molecule has 0 bridgehead atoms. The first-order valence-electron chi connectivity index (χ1n) is 4.49. The fourth-order valence-electron chi connectivity index (χ4n) is 1.20. The van der Waals surface area contributed by atoms with E-state index in [1.807, 2.05) is 0 Å². The number of nitrogens with zero attached hydrogens (tertiary/aromatic N) is 1. The van der Waals surface area contributed by atoms with E-state index < -0.39 is 10.8 Å². The number of nitrogens with one attached hydrogen (secondary N) is 1. The zero-order valence-electron chi connectivity index (χ0n) is 8.81. The molecule has 0 fully saturated rings. The topological polar surface area (TPSA) is 89.3 Å². The largest absolute Gasteiger partial charge is 0.321 e. The summed E-state index contributed by atoms with van der Waals surface area (Å²) in [6.07, 6.45) is 0. The first-order valence-corrected chi connectivity index (χ1v) is 4.49. The lowest BCUT2D eigenvalue weighted by atomic mass is 10.1. The first kappa shape index (κ1) is 11.8. The van der Waals surface area contributed by atoms with Crippen molar-refractivity contribution in [1.29, 1.82) is 0 Å². The molecule has 6 nitrogen and oxygen atoms in total. The number of nitro benzene ring substituents is 1. The number of Topliss-reactive ketones (excluding diaryl/α,β-unsaturated/α-hetero) is 1. The molecule has 0 spiro atoms. The number of ketones is 1. The van der Waals surface area contributed by atoms with Gasteiger partial charge >= 0.3 is 0 Å². The molecule has 0 saturated heterocycles. The zero-order valence-corrected chi connectivity index (χ0v) is 8.81. The van der Waals surface area contributed by atoms with Crippen LogP contribution in [0.5, 0.6) is 0 Å². The Morgan fingerprint density at radius 1 is 1.31 bits per heavy atom. The van der Waals surface area contributed by atoms with Crippen LogP contribution in [0, 0.1) is 10.1 Å². The van der Waals surface area contributed by atoms with E-state index in [0.29, 0.717) is 0 Å². The third-order valence-electron chi connectivity index (χ3n) is 1.91. The molecule has 0 unspecified atom stereocenters. The number of benzene rings is 1. The Morgan fingerprint density at radius 2 is 1.94 bits per heavy atom. The minimum absolute atomic E-state index is 0.0856. The van der Waals surface area contributed by atoms with Crippen molar-refractivity contribution in [3.05, 3.63) is 33.9 Å². The van der Waals surface area contributed by atoms with Gasteiger partial charge in [-0.1, -0.05) is 0 Å². The highest BCUT2D eigenvalue weighted by Crippen LogP contribution is 2.25. The summed E-state index contributed by atoms with van der Waals surface area (Å²) in [6.45, 7) is 2.57. The molecular weight excluding hydrogens is 212 g/mol. The van der Waals surface area contributed by atoms with E-state index in [9.17, 15) is 19.7 Å². The highest BCUT2D eigenvalue weighted by atomic mass is 16.6. The summed E-state index contributed by atoms with van der Waals surface area (Å²) in [5.41, 5.74) is 0.0335. The summed E-state index contributed by atoms with van der Waals surface area (Å²) < 4.78 is 0. The van der Waals surface area contributed by atoms with Gasteiger partial charge in [-0.3, -0.25) is 19.7 Å². The predicted molar refractivity (Wildman–Crippen MR) is 57.4 cm³/mol. The second-order valence-corrected chi connectivity index (χ2v) is 3.23. The van der Waals surface area contributed by atoms with Crippen molar-refractivity contribution < 1.29 is 14.5 Å². The Hall–Kier alpha value is -2.24. The van der Waals surface area contributed by atoms with Crippen LogP contribution in [0.1, 0.15) is 24.2 Å². The summed E-state index contributed by atoms with van der Waals surface area (Å²) in [6, 6.07) is 3.92. The number of carbonyl (C=O) groups excluding carboxylic acids is 2. The number of rotatable bonds is 3. The van der Waals surface area contributed by atoms with Gasteiger partial charge in [-0.2, -0.15) is 0 Å². The molecule has 0 radical (unpaired) electrons. The van der Waals surface area contributed by atoms with Crippen LogP contribution in [-0.4, -0.2) is 16.6 Å². The fraction of sp³-hybridized carbons (Fsp3) is 0.200. The summed E-state index contributed by atoms with van der Waals surface area (Å²) >= 11 is 0. The maximum absolute atomic E-state index is 11.0. The van der Waals surface area contributed by atoms with Crippen molar-refractivity contribution in [3.63, 3.8) is 0 Å². The Balaban J connectivity index is 3.24. The Morgan fingerprint density at radius 3 is 2.38 bits per heavy atom. The molecule has 0 aliphatic carbocycles. The van der Waals surface area contributed by atoms with Gasteiger partial charge in [0.2, 0.25) is 5.91 Å². The van der Waals surface area contributed by atoms with Gasteiger partial charge in [-0.25, -0.2) is 0 Å². The number of carbonyl (C=O) groups is 2. The number of hydrogen-bond acceptors (Lipinski definition) is 4.